The van der Waals surface area contributed by atoms with Crippen LogP contribution >= 0.6 is 7.80 Å². The molecular weight excluding hydrogens is 394 g/mol. The van der Waals surface area contributed by atoms with Crippen molar-refractivity contribution in [2.75, 3.05) is 4.81 Å². The first-order valence-corrected chi connectivity index (χ1v) is 12.6. The predicted molar refractivity (Wildman–Crippen MR) is 132 cm³/mol. The van der Waals surface area contributed by atoms with Crippen molar-refractivity contribution in [1.29, 1.82) is 0 Å². The molecule has 0 radical (unpaired) electrons. The van der Waals surface area contributed by atoms with E-state index in [1.54, 1.807) is 0 Å². The van der Waals surface area contributed by atoms with Crippen molar-refractivity contribution in [2.45, 2.75) is 26.3 Å². The number of pyridine rings is 1. The quantitative estimate of drug-likeness (QED) is 0.234. The zero-order chi connectivity index (χ0) is 20.7. The first-order chi connectivity index (χ1) is 15.2. The maximum absolute atomic E-state index is 2.68. The highest BCUT2D eigenvalue weighted by Gasteiger charge is 2.53. The fourth-order valence-electron chi connectivity index (χ4n) is 5.67. The molecule has 1 unspecified atom stereocenters. The van der Waals surface area contributed by atoms with Gasteiger partial charge in [0.25, 0.3) is 0 Å². The van der Waals surface area contributed by atoms with E-state index in [4.69, 9.17) is 0 Å². The van der Waals surface area contributed by atoms with Gasteiger partial charge in [0.2, 0.25) is 5.69 Å². The SMILES string of the molecule is CC(C)c1cc2c3c(c1)N1B(c4ccc[n+](c4-3)C2)P(c2ccccc2)c2ccccc21. The Hall–Kier alpha value is -2.90. The topological polar surface area (TPSA) is 7.12 Å². The molecule has 4 heterocycles. The molecule has 4 aromatic rings. The third-order valence-corrected chi connectivity index (χ3v) is 9.78. The Labute approximate surface area is 185 Å². The van der Waals surface area contributed by atoms with Crippen LogP contribution < -0.4 is 25.4 Å². The molecule has 2 nitrogen and oxygen atoms in total. The monoisotopic (exact) mass is 417 g/mol. The van der Waals surface area contributed by atoms with Gasteiger partial charge in [0.1, 0.15) is 0 Å². The van der Waals surface area contributed by atoms with Gasteiger partial charge in [0, 0.05) is 28.5 Å². The minimum Gasteiger partial charge on any atom is -0.375 e. The lowest BCUT2D eigenvalue weighted by atomic mass is 9.70. The number of nitrogens with zero attached hydrogens (tertiary/aromatic N) is 2. The fraction of sp³-hybridized carbons (Fsp3) is 0.148. The Balaban J connectivity index is 1.58. The van der Waals surface area contributed by atoms with Crippen LogP contribution in [-0.2, 0) is 6.54 Å². The smallest absolute Gasteiger partial charge is 0.339 e. The predicted octanol–water partition coefficient (Wildman–Crippen LogP) is 4.42. The van der Waals surface area contributed by atoms with Crippen LogP contribution in [0.5, 0.6) is 0 Å². The third kappa shape index (κ3) is 2.30. The number of anilines is 2. The molecular formula is C27H23BN2P+. The van der Waals surface area contributed by atoms with Crippen LogP contribution in [0.1, 0.15) is 30.9 Å². The molecule has 148 valence electrons. The number of aromatic nitrogens is 1. The van der Waals surface area contributed by atoms with Crippen LogP contribution in [0.25, 0.3) is 11.3 Å². The van der Waals surface area contributed by atoms with Crippen molar-refractivity contribution in [3.05, 3.63) is 96.2 Å². The zero-order valence-electron chi connectivity index (χ0n) is 17.8. The van der Waals surface area contributed by atoms with E-state index in [9.17, 15) is 0 Å². The van der Waals surface area contributed by atoms with E-state index in [1.807, 2.05) is 0 Å². The summed E-state index contributed by atoms with van der Waals surface area (Å²) in [5.41, 5.74) is 10.1. The number of hydrogen-bond acceptors (Lipinski definition) is 1. The van der Waals surface area contributed by atoms with Crippen molar-refractivity contribution in [2.24, 2.45) is 0 Å². The number of rotatable bonds is 2. The molecule has 3 aliphatic rings. The second-order valence-electron chi connectivity index (χ2n) is 9.11. The van der Waals surface area contributed by atoms with Crippen molar-refractivity contribution in [3.8, 4) is 11.3 Å². The molecule has 0 amide bonds. The Morgan fingerprint density at radius 3 is 2.55 bits per heavy atom. The van der Waals surface area contributed by atoms with Gasteiger partial charge in [0.15, 0.2) is 12.7 Å². The fourth-order valence-corrected chi connectivity index (χ4v) is 8.63. The molecule has 3 aliphatic heterocycles. The molecule has 3 aromatic carbocycles. The summed E-state index contributed by atoms with van der Waals surface area (Å²) in [6.07, 6.45) is 2.26. The van der Waals surface area contributed by atoms with Crippen LogP contribution in [-0.4, -0.2) is 6.57 Å². The van der Waals surface area contributed by atoms with E-state index in [0.29, 0.717) is 12.5 Å². The van der Waals surface area contributed by atoms with Gasteiger partial charge in [-0.25, -0.2) is 0 Å². The molecule has 31 heavy (non-hydrogen) atoms. The van der Waals surface area contributed by atoms with Crippen molar-refractivity contribution < 1.29 is 4.57 Å². The summed E-state index contributed by atoms with van der Waals surface area (Å²) in [5.74, 6) is 0.517. The largest absolute Gasteiger partial charge is 0.375 e. The van der Waals surface area contributed by atoms with E-state index < -0.39 is 7.80 Å². The molecule has 0 fully saturated rings. The van der Waals surface area contributed by atoms with Crippen LogP contribution in [0.3, 0.4) is 0 Å². The minimum atomic E-state index is -0.526. The first kappa shape index (κ1) is 17.8. The van der Waals surface area contributed by atoms with Gasteiger partial charge < -0.3 is 4.81 Å². The highest BCUT2D eigenvalue weighted by molar-refractivity contribution is 8.04. The lowest BCUT2D eigenvalue weighted by molar-refractivity contribution is -0.671. The summed E-state index contributed by atoms with van der Waals surface area (Å²) < 4.78 is 2.48. The maximum Gasteiger partial charge on any atom is 0.339 e. The molecule has 0 bridgehead atoms. The second kappa shape index (κ2) is 6.31. The molecule has 0 saturated carbocycles. The summed E-state index contributed by atoms with van der Waals surface area (Å²) >= 11 is 0. The van der Waals surface area contributed by atoms with Crippen molar-refractivity contribution >= 4 is 41.8 Å². The summed E-state index contributed by atoms with van der Waals surface area (Å²) in [6, 6.07) is 29.8. The molecule has 0 aliphatic carbocycles. The lowest BCUT2D eigenvalue weighted by Crippen LogP contribution is -2.51. The van der Waals surface area contributed by atoms with Gasteiger partial charge in [-0.2, -0.15) is 4.57 Å². The van der Waals surface area contributed by atoms with Crippen LogP contribution in [0, 0.1) is 0 Å². The van der Waals surface area contributed by atoms with Crippen LogP contribution in [0.2, 0.25) is 0 Å². The van der Waals surface area contributed by atoms with Gasteiger partial charge in [-0.3, -0.25) is 0 Å². The highest BCUT2D eigenvalue weighted by atomic mass is 31.1. The van der Waals surface area contributed by atoms with Gasteiger partial charge in [0.05, 0.1) is 5.56 Å². The van der Waals surface area contributed by atoms with Crippen LogP contribution in [0.15, 0.2) is 85.1 Å². The maximum atomic E-state index is 2.68. The van der Waals surface area contributed by atoms with Gasteiger partial charge in [-0.05, 0) is 48.1 Å². The Kier molecular flexibility index (Phi) is 3.61. The van der Waals surface area contributed by atoms with Crippen molar-refractivity contribution in [1.82, 2.24) is 0 Å². The summed E-state index contributed by atoms with van der Waals surface area (Å²) in [6.45, 7) is 5.95. The Morgan fingerprint density at radius 2 is 1.71 bits per heavy atom. The number of fused-ring (bicyclic) bond motifs is 5. The standard InChI is InChI=1S/C27H23BN2P/c1-18(2)19-15-20-17-29-14-8-11-22-27(29)26(20)24(16-19)30-23-12-6-7-13-25(23)31(28(22)30)21-9-4-3-5-10-21/h3-16,18H,17H2,1-2H3/q+1. The molecule has 0 saturated heterocycles. The molecule has 0 N–H and O–H groups in total. The highest BCUT2D eigenvalue weighted by Crippen LogP contribution is 2.56. The summed E-state index contributed by atoms with van der Waals surface area (Å²) in [4.78, 5) is 2.68. The molecule has 1 aromatic heterocycles. The van der Waals surface area contributed by atoms with Crippen LogP contribution in [0.4, 0.5) is 11.4 Å². The first-order valence-electron chi connectivity index (χ1n) is 11.1. The average molecular weight is 417 g/mol. The van der Waals surface area contributed by atoms with Gasteiger partial charge in [-0.1, -0.05) is 68.4 Å². The lowest BCUT2D eigenvalue weighted by Gasteiger charge is -2.33. The molecule has 1 atom stereocenters. The van der Waals surface area contributed by atoms with Gasteiger partial charge in [-0.15, -0.1) is 0 Å². The molecule has 0 spiro atoms. The molecule has 4 heteroatoms. The number of benzene rings is 3. The Morgan fingerprint density at radius 1 is 0.903 bits per heavy atom. The zero-order valence-corrected chi connectivity index (χ0v) is 18.7. The number of hydrogen-bond donors (Lipinski definition) is 0. The van der Waals surface area contributed by atoms with E-state index in [-0.39, 0.29) is 0 Å². The van der Waals surface area contributed by atoms with Crippen molar-refractivity contribution in [3.63, 3.8) is 0 Å². The summed E-state index contributed by atoms with van der Waals surface area (Å²) in [7, 11) is -0.526. The molecule has 7 rings (SSSR count). The number of para-hydroxylation sites is 1. The third-order valence-electron chi connectivity index (χ3n) is 7.03. The van der Waals surface area contributed by atoms with E-state index in [0.717, 1.165) is 6.54 Å². The normalized spacial score (nSPS) is 17.1. The van der Waals surface area contributed by atoms with E-state index in [1.165, 1.54) is 49.8 Å². The summed E-state index contributed by atoms with van der Waals surface area (Å²) in [5, 5.41) is 2.96. The minimum absolute atomic E-state index is 0.345. The Bertz CT molecular complexity index is 1370. The van der Waals surface area contributed by atoms with E-state index in [2.05, 4.69) is 108 Å². The van der Waals surface area contributed by atoms with E-state index >= 15 is 0 Å². The van der Waals surface area contributed by atoms with Gasteiger partial charge >= 0.3 is 6.57 Å². The second-order valence-corrected chi connectivity index (χ2v) is 11.3. The average Bonchev–Trinajstić information content (AvgIpc) is 3.35.